The van der Waals surface area contributed by atoms with Crippen molar-refractivity contribution in [3.8, 4) is 12.3 Å². The van der Waals surface area contributed by atoms with Gasteiger partial charge in [-0.3, -0.25) is 4.90 Å². The van der Waals surface area contributed by atoms with E-state index in [9.17, 15) is 0 Å². The SMILES string of the molecule is C#CCN(C)C1(N)CC1. The summed E-state index contributed by atoms with van der Waals surface area (Å²) in [5.41, 5.74) is 5.76. The molecular weight excluding hydrogens is 112 g/mol. The van der Waals surface area contributed by atoms with E-state index in [4.69, 9.17) is 12.2 Å². The Hall–Kier alpha value is -0.520. The van der Waals surface area contributed by atoms with Crippen LogP contribution in [0.5, 0.6) is 0 Å². The third-order valence-electron chi connectivity index (χ3n) is 1.85. The number of rotatable bonds is 2. The summed E-state index contributed by atoms with van der Waals surface area (Å²) in [5, 5.41) is 0. The third-order valence-corrected chi connectivity index (χ3v) is 1.85. The largest absolute Gasteiger partial charge is 0.313 e. The van der Waals surface area contributed by atoms with Crippen LogP contribution in [0.25, 0.3) is 0 Å². The normalized spacial score (nSPS) is 21.6. The first kappa shape index (κ1) is 6.60. The first-order valence-electron chi connectivity index (χ1n) is 3.13. The van der Waals surface area contributed by atoms with Crippen LogP contribution in [0, 0.1) is 12.3 Å². The molecule has 2 heteroatoms. The first-order valence-corrected chi connectivity index (χ1v) is 3.13. The number of hydrogen-bond acceptors (Lipinski definition) is 2. The molecule has 1 aliphatic rings. The van der Waals surface area contributed by atoms with Gasteiger partial charge in [-0.2, -0.15) is 0 Å². The van der Waals surface area contributed by atoms with Crippen LogP contribution in [-0.2, 0) is 0 Å². The average Bonchev–Trinajstić information content (AvgIpc) is 2.50. The molecule has 2 N–H and O–H groups in total. The fourth-order valence-corrected chi connectivity index (χ4v) is 0.804. The van der Waals surface area contributed by atoms with Gasteiger partial charge < -0.3 is 5.73 Å². The molecule has 0 aromatic carbocycles. The fraction of sp³-hybridized carbons (Fsp3) is 0.714. The topological polar surface area (TPSA) is 29.3 Å². The van der Waals surface area contributed by atoms with Gasteiger partial charge in [0.1, 0.15) is 0 Å². The lowest BCUT2D eigenvalue weighted by atomic mass is 10.4. The Kier molecular flexibility index (Phi) is 1.48. The zero-order valence-electron chi connectivity index (χ0n) is 5.72. The van der Waals surface area contributed by atoms with Crippen LogP contribution in [0.4, 0.5) is 0 Å². The second kappa shape index (κ2) is 2.02. The molecule has 0 aromatic heterocycles. The zero-order chi connectivity index (χ0) is 6.91. The van der Waals surface area contributed by atoms with Gasteiger partial charge in [0.15, 0.2) is 0 Å². The molecule has 0 unspecified atom stereocenters. The molecule has 1 aliphatic carbocycles. The second-order valence-corrected chi connectivity index (χ2v) is 2.66. The van der Waals surface area contributed by atoms with Gasteiger partial charge >= 0.3 is 0 Å². The van der Waals surface area contributed by atoms with E-state index in [1.807, 2.05) is 11.9 Å². The highest BCUT2D eigenvalue weighted by Crippen LogP contribution is 2.34. The molecule has 9 heavy (non-hydrogen) atoms. The Bertz CT molecular complexity index is 141. The van der Waals surface area contributed by atoms with E-state index in [1.165, 1.54) is 0 Å². The van der Waals surface area contributed by atoms with Crippen LogP contribution in [0.2, 0.25) is 0 Å². The van der Waals surface area contributed by atoms with Crippen molar-refractivity contribution in [1.82, 2.24) is 4.90 Å². The lowest BCUT2D eigenvalue weighted by molar-refractivity contribution is 0.255. The van der Waals surface area contributed by atoms with E-state index in [-0.39, 0.29) is 5.66 Å². The number of nitrogens with zero attached hydrogens (tertiary/aromatic N) is 1. The van der Waals surface area contributed by atoms with Crippen molar-refractivity contribution in [2.45, 2.75) is 18.5 Å². The van der Waals surface area contributed by atoms with Gasteiger partial charge in [-0.15, -0.1) is 6.42 Å². The molecule has 0 saturated heterocycles. The van der Waals surface area contributed by atoms with Crippen LogP contribution < -0.4 is 5.73 Å². The summed E-state index contributed by atoms with van der Waals surface area (Å²) in [6.07, 6.45) is 7.28. The van der Waals surface area contributed by atoms with E-state index < -0.39 is 0 Å². The monoisotopic (exact) mass is 124 g/mol. The maximum absolute atomic E-state index is 5.81. The van der Waals surface area contributed by atoms with Crippen molar-refractivity contribution in [1.29, 1.82) is 0 Å². The molecular formula is C7H12N2. The quantitative estimate of drug-likeness (QED) is 0.415. The molecule has 0 bridgehead atoms. The minimum Gasteiger partial charge on any atom is -0.313 e. The summed E-state index contributed by atoms with van der Waals surface area (Å²) in [6.45, 7) is 0.663. The van der Waals surface area contributed by atoms with Crippen LogP contribution in [0.3, 0.4) is 0 Å². The highest BCUT2D eigenvalue weighted by atomic mass is 15.3. The maximum atomic E-state index is 5.81. The highest BCUT2D eigenvalue weighted by molar-refractivity contribution is 5.01. The summed E-state index contributed by atoms with van der Waals surface area (Å²) in [4.78, 5) is 2.02. The average molecular weight is 124 g/mol. The predicted molar refractivity (Wildman–Crippen MR) is 37.6 cm³/mol. The maximum Gasteiger partial charge on any atom is 0.0694 e. The van der Waals surface area contributed by atoms with Crippen LogP contribution in [0.1, 0.15) is 12.8 Å². The second-order valence-electron chi connectivity index (χ2n) is 2.66. The lowest BCUT2D eigenvalue weighted by Crippen LogP contribution is -2.41. The Morgan fingerprint density at radius 1 is 1.78 bits per heavy atom. The molecule has 0 aromatic rings. The van der Waals surface area contributed by atoms with Crippen molar-refractivity contribution in [2.24, 2.45) is 5.73 Å². The van der Waals surface area contributed by atoms with Gasteiger partial charge in [0.05, 0.1) is 12.2 Å². The van der Waals surface area contributed by atoms with Crippen LogP contribution >= 0.6 is 0 Å². The van der Waals surface area contributed by atoms with Gasteiger partial charge in [-0.1, -0.05) is 5.92 Å². The molecule has 0 heterocycles. The Morgan fingerprint density at radius 2 is 2.33 bits per heavy atom. The van der Waals surface area contributed by atoms with Crippen molar-refractivity contribution in [2.75, 3.05) is 13.6 Å². The number of terminal acetylenes is 1. The molecule has 0 amide bonds. The molecule has 1 rings (SSSR count). The summed E-state index contributed by atoms with van der Waals surface area (Å²) in [6, 6.07) is 0. The molecule has 1 saturated carbocycles. The zero-order valence-corrected chi connectivity index (χ0v) is 5.72. The van der Waals surface area contributed by atoms with E-state index in [1.54, 1.807) is 0 Å². The molecule has 2 nitrogen and oxygen atoms in total. The molecule has 0 radical (unpaired) electrons. The summed E-state index contributed by atoms with van der Waals surface area (Å²) < 4.78 is 0. The predicted octanol–water partition coefficient (Wildman–Crippen LogP) is 0.000200. The number of nitrogens with two attached hydrogens (primary N) is 1. The van der Waals surface area contributed by atoms with Gasteiger partial charge in [-0.25, -0.2) is 0 Å². The van der Waals surface area contributed by atoms with Gasteiger partial charge in [0, 0.05) is 0 Å². The lowest BCUT2D eigenvalue weighted by Gasteiger charge is -2.20. The van der Waals surface area contributed by atoms with Crippen molar-refractivity contribution in [3.05, 3.63) is 0 Å². The van der Waals surface area contributed by atoms with Gasteiger partial charge in [0.25, 0.3) is 0 Å². The fourth-order valence-electron chi connectivity index (χ4n) is 0.804. The van der Waals surface area contributed by atoms with Gasteiger partial charge in [-0.05, 0) is 19.9 Å². The molecule has 50 valence electrons. The van der Waals surface area contributed by atoms with Crippen molar-refractivity contribution < 1.29 is 0 Å². The Morgan fingerprint density at radius 3 is 2.67 bits per heavy atom. The minimum absolute atomic E-state index is 0.0492. The van der Waals surface area contributed by atoms with Crippen molar-refractivity contribution >= 4 is 0 Å². The van der Waals surface area contributed by atoms with E-state index in [2.05, 4.69) is 5.92 Å². The molecule has 1 fully saturated rings. The van der Waals surface area contributed by atoms with E-state index in [0.29, 0.717) is 6.54 Å². The highest BCUT2D eigenvalue weighted by Gasteiger charge is 2.41. The number of hydrogen-bond donors (Lipinski definition) is 1. The molecule has 0 aliphatic heterocycles. The van der Waals surface area contributed by atoms with Crippen LogP contribution in [0.15, 0.2) is 0 Å². The Balaban J connectivity index is 2.35. The molecule has 0 spiro atoms. The first-order chi connectivity index (χ1) is 4.19. The summed E-state index contributed by atoms with van der Waals surface area (Å²) >= 11 is 0. The van der Waals surface area contributed by atoms with Gasteiger partial charge in [0.2, 0.25) is 0 Å². The standard InChI is InChI=1S/C7H12N2/c1-3-6-9(2)7(8)4-5-7/h1H,4-6,8H2,2H3. The smallest absolute Gasteiger partial charge is 0.0694 e. The molecule has 0 atom stereocenters. The Labute approximate surface area is 56.0 Å². The minimum atomic E-state index is -0.0492. The van der Waals surface area contributed by atoms with E-state index >= 15 is 0 Å². The van der Waals surface area contributed by atoms with Crippen molar-refractivity contribution in [3.63, 3.8) is 0 Å². The third kappa shape index (κ3) is 1.24. The van der Waals surface area contributed by atoms with E-state index in [0.717, 1.165) is 12.8 Å². The summed E-state index contributed by atoms with van der Waals surface area (Å²) in [5.74, 6) is 2.56. The van der Waals surface area contributed by atoms with Crippen LogP contribution in [-0.4, -0.2) is 24.2 Å². The summed E-state index contributed by atoms with van der Waals surface area (Å²) in [7, 11) is 1.97.